The van der Waals surface area contributed by atoms with Crippen LogP contribution in [-0.4, -0.2) is 40.9 Å². The Labute approximate surface area is 205 Å². The third-order valence-electron chi connectivity index (χ3n) is 6.69. The maximum absolute atomic E-state index is 10.1. The van der Waals surface area contributed by atoms with E-state index in [-0.39, 0.29) is 22.9 Å². The van der Waals surface area contributed by atoms with Gasteiger partial charge in [0.15, 0.2) is 0 Å². The summed E-state index contributed by atoms with van der Waals surface area (Å²) in [5.41, 5.74) is 2.01. The van der Waals surface area contributed by atoms with Crippen LogP contribution in [0.25, 0.3) is 0 Å². The third-order valence-corrected chi connectivity index (χ3v) is 8.03. The summed E-state index contributed by atoms with van der Waals surface area (Å²) in [6.45, 7) is 7.51. The number of ether oxygens (including phenoxy) is 2. The molecule has 178 valence electrons. The summed E-state index contributed by atoms with van der Waals surface area (Å²) in [6.07, 6.45) is 1.02. The van der Waals surface area contributed by atoms with Crippen molar-refractivity contribution in [2.24, 2.45) is 5.92 Å². The van der Waals surface area contributed by atoms with Gasteiger partial charge in [-0.1, -0.05) is 31.2 Å². The molecule has 0 aromatic heterocycles. The number of fused-ring (bicyclic) bond motifs is 1. The van der Waals surface area contributed by atoms with Crippen molar-refractivity contribution < 1.29 is 19.7 Å². The number of nitrogens with zero attached hydrogens (tertiary/aromatic N) is 1. The average Bonchev–Trinajstić information content (AvgIpc) is 3.28. The van der Waals surface area contributed by atoms with Crippen molar-refractivity contribution in [3.05, 3.63) is 77.9 Å². The fourth-order valence-corrected chi connectivity index (χ4v) is 6.03. The molecule has 0 bridgehead atoms. The fourth-order valence-electron chi connectivity index (χ4n) is 4.72. The zero-order chi connectivity index (χ0) is 23.7. The number of rotatable bonds is 6. The van der Waals surface area contributed by atoms with Crippen LogP contribution in [0.1, 0.15) is 42.7 Å². The van der Waals surface area contributed by atoms with Crippen LogP contribution in [0.3, 0.4) is 0 Å². The lowest BCUT2D eigenvalue weighted by Gasteiger charge is -2.34. The van der Waals surface area contributed by atoms with Crippen molar-refractivity contribution in [1.29, 1.82) is 0 Å². The maximum Gasteiger partial charge on any atom is 0.140 e. The van der Waals surface area contributed by atoms with Crippen LogP contribution in [0.15, 0.2) is 71.6 Å². The molecule has 0 aliphatic carbocycles. The molecule has 1 saturated heterocycles. The van der Waals surface area contributed by atoms with E-state index in [0.29, 0.717) is 12.6 Å². The highest BCUT2D eigenvalue weighted by atomic mass is 32.2. The number of hydrogen-bond acceptors (Lipinski definition) is 6. The Morgan fingerprint density at radius 3 is 2.56 bits per heavy atom. The monoisotopic (exact) mass is 477 g/mol. The van der Waals surface area contributed by atoms with Crippen molar-refractivity contribution in [2.75, 3.05) is 19.7 Å². The van der Waals surface area contributed by atoms with Gasteiger partial charge in [-0.15, -0.1) is 11.8 Å². The lowest BCUT2D eigenvalue weighted by Crippen LogP contribution is -2.35. The van der Waals surface area contributed by atoms with Crippen molar-refractivity contribution >= 4 is 11.8 Å². The number of phenolic OH excluding ortho intramolecular Hbond substituents is 2. The Kier molecular flexibility index (Phi) is 6.61. The van der Waals surface area contributed by atoms with E-state index in [1.807, 2.05) is 24.3 Å². The summed E-state index contributed by atoms with van der Waals surface area (Å²) in [5, 5.41) is 19.9. The van der Waals surface area contributed by atoms with E-state index in [9.17, 15) is 10.2 Å². The van der Waals surface area contributed by atoms with Crippen molar-refractivity contribution in [3.63, 3.8) is 0 Å². The molecular formula is C28H31NO4S. The summed E-state index contributed by atoms with van der Waals surface area (Å²) in [5.74, 6) is 2.80. The fraction of sp³-hybridized carbons (Fsp3) is 0.357. The Hall–Kier alpha value is -2.83. The van der Waals surface area contributed by atoms with Gasteiger partial charge in [0.1, 0.15) is 35.7 Å². The summed E-state index contributed by atoms with van der Waals surface area (Å²) < 4.78 is 12.5. The van der Waals surface area contributed by atoms with Crippen LogP contribution in [0.5, 0.6) is 23.0 Å². The molecule has 2 aliphatic heterocycles. The first-order chi connectivity index (χ1) is 16.5. The quantitative estimate of drug-likeness (QED) is 0.442. The molecular weight excluding hydrogens is 446 g/mol. The minimum Gasteiger partial charge on any atom is -0.508 e. The van der Waals surface area contributed by atoms with Gasteiger partial charge in [0.25, 0.3) is 0 Å². The SMILES string of the molecule is C[C@H]1CCN([C@@H](C)COc2ccc([C@@H]3Oc4ccc(O)cc4S[C@@H]3c3cccc(O)c3)cc2)C1. The molecule has 2 heterocycles. The van der Waals surface area contributed by atoms with Crippen molar-refractivity contribution in [3.8, 4) is 23.0 Å². The summed E-state index contributed by atoms with van der Waals surface area (Å²) in [6, 6.07) is 21.0. The van der Waals surface area contributed by atoms with Gasteiger partial charge >= 0.3 is 0 Å². The number of likely N-dealkylation sites (tertiary alicyclic amines) is 1. The largest absolute Gasteiger partial charge is 0.508 e. The van der Waals surface area contributed by atoms with Crippen LogP contribution < -0.4 is 9.47 Å². The summed E-state index contributed by atoms with van der Waals surface area (Å²) in [4.78, 5) is 3.39. The van der Waals surface area contributed by atoms with E-state index < -0.39 is 0 Å². The molecule has 3 aromatic rings. The Morgan fingerprint density at radius 1 is 1.03 bits per heavy atom. The molecule has 34 heavy (non-hydrogen) atoms. The van der Waals surface area contributed by atoms with Crippen LogP contribution in [-0.2, 0) is 0 Å². The molecule has 2 N–H and O–H groups in total. The molecule has 0 amide bonds. The lowest BCUT2D eigenvalue weighted by molar-refractivity contribution is 0.168. The van der Waals surface area contributed by atoms with E-state index in [1.165, 1.54) is 6.42 Å². The van der Waals surface area contributed by atoms with Gasteiger partial charge in [-0.05, 0) is 79.4 Å². The van der Waals surface area contributed by atoms with Crippen LogP contribution in [0, 0.1) is 5.92 Å². The highest BCUT2D eigenvalue weighted by molar-refractivity contribution is 7.99. The predicted octanol–water partition coefficient (Wildman–Crippen LogP) is 6.17. The minimum absolute atomic E-state index is 0.0784. The van der Waals surface area contributed by atoms with Crippen LogP contribution >= 0.6 is 11.8 Å². The van der Waals surface area contributed by atoms with E-state index in [4.69, 9.17) is 9.47 Å². The normalized spacial score (nSPS) is 23.2. The Morgan fingerprint density at radius 2 is 1.82 bits per heavy atom. The first-order valence-corrected chi connectivity index (χ1v) is 12.8. The lowest BCUT2D eigenvalue weighted by atomic mass is 10.00. The molecule has 5 nitrogen and oxygen atoms in total. The Balaban J connectivity index is 1.34. The molecule has 0 spiro atoms. The zero-order valence-electron chi connectivity index (χ0n) is 19.6. The average molecular weight is 478 g/mol. The second-order valence-electron chi connectivity index (χ2n) is 9.42. The molecule has 3 aromatic carbocycles. The topological polar surface area (TPSA) is 62.2 Å². The molecule has 1 fully saturated rings. The van der Waals surface area contributed by atoms with Crippen molar-refractivity contribution in [2.45, 2.75) is 42.6 Å². The molecule has 0 unspecified atom stereocenters. The van der Waals surface area contributed by atoms with Crippen LogP contribution in [0.2, 0.25) is 0 Å². The molecule has 0 radical (unpaired) electrons. The summed E-state index contributed by atoms with van der Waals surface area (Å²) in [7, 11) is 0. The van der Waals surface area contributed by atoms with Gasteiger partial charge in [-0.2, -0.15) is 0 Å². The van der Waals surface area contributed by atoms with Crippen LogP contribution in [0.4, 0.5) is 0 Å². The number of thioether (sulfide) groups is 1. The zero-order valence-corrected chi connectivity index (χ0v) is 20.4. The maximum atomic E-state index is 10.1. The number of phenols is 2. The van der Waals surface area contributed by atoms with Crippen molar-refractivity contribution in [1.82, 2.24) is 4.90 Å². The third kappa shape index (κ3) is 4.98. The van der Waals surface area contributed by atoms with E-state index in [2.05, 4.69) is 30.9 Å². The smallest absolute Gasteiger partial charge is 0.140 e. The van der Waals surface area contributed by atoms with E-state index >= 15 is 0 Å². The van der Waals surface area contributed by atoms with Gasteiger partial charge in [0, 0.05) is 12.6 Å². The summed E-state index contributed by atoms with van der Waals surface area (Å²) >= 11 is 1.64. The highest BCUT2D eigenvalue weighted by Gasteiger charge is 2.34. The van der Waals surface area contributed by atoms with E-state index in [1.54, 1.807) is 42.1 Å². The first kappa shape index (κ1) is 22.9. The van der Waals surface area contributed by atoms with E-state index in [0.717, 1.165) is 46.5 Å². The standard InChI is InChI=1S/C28H31NO4S/c1-18-12-13-29(16-18)19(2)17-32-24-9-6-20(7-10-24)27-28(21-4-3-5-22(30)14-21)34-26-15-23(31)8-11-25(26)33-27/h3-11,14-15,18-19,27-28,30-31H,12-13,16-17H2,1-2H3/t18-,19-,27-,28+/m0/s1. The molecule has 2 aliphatic rings. The van der Waals surface area contributed by atoms with Gasteiger partial charge < -0.3 is 19.7 Å². The molecule has 6 heteroatoms. The molecule has 5 rings (SSSR count). The molecule has 4 atom stereocenters. The second kappa shape index (κ2) is 9.80. The predicted molar refractivity (Wildman–Crippen MR) is 135 cm³/mol. The van der Waals surface area contributed by atoms with Gasteiger partial charge in [0.05, 0.1) is 10.1 Å². The van der Waals surface area contributed by atoms with Gasteiger partial charge in [-0.25, -0.2) is 0 Å². The Bertz CT molecular complexity index is 1140. The second-order valence-corrected chi connectivity index (χ2v) is 10.6. The number of benzene rings is 3. The molecule has 0 saturated carbocycles. The van der Waals surface area contributed by atoms with Gasteiger partial charge in [0.2, 0.25) is 0 Å². The number of hydrogen-bond donors (Lipinski definition) is 2. The minimum atomic E-state index is -0.247. The number of aromatic hydroxyl groups is 2. The highest BCUT2D eigenvalue weighted by Crippen LogP contribution is 2.54. The van der Waals surface area contributed by atoms with Gasteiger partial charge in [-0.3, -0.25) is 4.90 Å². The first-order valence-electron chi connectivity index (χ1n) is 11.9.